The van der Waals surface area contributed by atoms with Crippen molar-refractivity contribution < 1.29 is 22.3 Å². The zero-order valence-corrected chi connectivity index (χ0v) is 18.5. The second-order valence-electron chi connectivity index (χ2n) is 7.38. The molecule has 0 aliphatic carbocycles. The number of sulfonamides is 1. The van der Waals surface area contributed by atoms with E-state index in [9.17, 15) is 17.6 Å². The zero-order valence-electron chi connectivity index (χ0n) is 17.7. The zero-order chi connectivity index (χ0) is 22.9. The number of ether oxygens (including phenoxy) is 1. The van der Waals surface area contributed by atoms with Crippen LogP contribution in [0.4, 0.5) is 4.39 Å². The van der Waals surface area contributed by atoms with Crippen LogP contribution in [0.1, 0.15) is 16.2 Å². The van der Waals surface area contributed by atoms with Crippen LogP contribution in [0.25, 0.3) is 0 Å². The molecule has 170 valence electrons. The number of carbonyl (C=O) groups excluding carboxylic acids is 1. The van der Waals surface area contributed by atoms with E-state index >= 15 is 0 Å². The van der Waals surface area contributed by atoms with Crippen molar-refractivity contribution in [3.8, 4) is 5.75 Å². The van der Waals surface area contributed by atoms with Crippen molar-refractivity contribution in [3.05, 3.63) is 59.9 Å². The maximum atomic E-state index is 13.0. The van der Waals surface area contributed by atoms with Gasteiger partial charge in [0.05, 0.1) is 11.9 Å². The van der Waals surface area contributed by atoms with E-state index in [2.05, 4.69) is 10.2 Å². The molecular weight excluding hydrogens is 439 g/mol. The fourth-order valence-electron chi connectivity index (χ4n) is 3.38. The summed E-state index contributed by atoms with van der Waals surface area (Å²) in [7, 11) is -1.98. The van der Waals surface area contributed by atoms with Gasteiger partial charge in [0, 0.05) is 39.4 Å². The molecule has 3 aromatic rings. The molecule has 1 saturated heterocycles. The van der Waals surface area contributed by atoms with Gasteiger partial charge in [0.1, 0.15) is 16.5 Å². The molecule has 12 heteroatoms. The number of hydrogen-bond donors (Lipinski definition) is 0. The average Bonchev–Trinajstić information content (AvgIpc) is 3.40. The summed E-state index contributed by atoms with van der Waals surface area (Å²) < 4.78 is 48.6. The molecule has 1 fully saturated rings. The predicted molar refractivity (Wildman–Crippen MR) is 112 cm³/mol. The maximum Gasteiger partial charge on any atom is 0.274 e. The van der Waals surface area contributed by atoms with Crippen LogP contribution in [0.15, 0.2) is 47.6 Å². The lowest BCUT2D eigenvalue weighted by Crippen LogP contribution is -2.50. The van der Waals surface area contributed by atoms with Crippen molar-refractivity contribution in [3.63, 3.8) is 0 Å². The molecule has 3 heterocycles. The number of piperazine rings is 1. The Labute approximate surface area is 184 Å². The van der Waals surface area contributed by atoms with Crippen LogP contribution in [-0.2, 0) is 23.8 Å². The van der Waals surface area contributed by atoms with Crippen LogP contribution in [0.3, 0.4) is 0 Å². The number of benzene rings is 1. The van der Waals surface area contributed by atoms with E-state index in [1.165, 1.54) is 44.1 Å². The molecule has 1 aromatic carbocycles. The van der Waals surface area contributed by atoms with E-state index in [1.807, 2.05) is 0 Å². The molecular formula is C20H23FN6O4S. The Morgan fingerprint density at radius 1 is 1.12 bits per heavy atom. The van der Waals surface area contributed by atoms with E-state index in [0.717, 1.165) is 0 Å². The molecule has 0 bridgehead atoms. The molecule has 4 rings (SSSR count). The molecule has 1 amide bonds. The second-order valence-corrected chi connectivity index (χ2v) is 9.29. The fourth-order valence-corrected chi connectivity index (χ4v) is 4.99. The Bertz CT molecular complexity index is 1210. The van der Waals surface area contributed by atoms with Crippen LogP contribution < -0.4 is 4.74 Å². The lowest BCUT2D eigenvalue weighted by Gasteiger charge is -2.33. The Hall–Kier alpha value is -3.25. The van der Waals surface area contributed by atoms with E-state index < -0.39 is 10.0 Å². The fraction of sp³-hybridized carbons (Fsp3) is 0.350. The smallest absolute Gasteiger partial charge is 0.274 e. The first kappa shape index (κ1) is 22.0. The number of rotatable bonds is 6. The molecule has 32 heavy (non-hydrogen) atoms. The summed E-state index contributed by atoms with van der Waals surface area (Å²) in [6.45, 7) is 2.67. The SMILES string of the molecule is Cc1c(S(=O)(=O)N2CCN(C(=O)c3ccn(COc4ccc(F)cc4)n3)CC2)cnn1C. The van der Waals surface area contributed by atoms with Crippen molar-refractivity contribution in [2.45, 2.75) is 18.6 Å². The number of aromatic nitrogens is 4. The highest BCUT2D eigenvalue weighted by molar-refractivity contribution is 7.89. The first-order valence-corrected chi connectivity index (χ1v) is 11.4. The Kier molecular flexibility index (Phi) is 5.98. The molecule has 10 nitrogen and oxygen atoms in total. The van der Waals surface area contributed by atoms with Gasteiger partial charge in [-0.25, -0.2) is 17.5 Å². The Morgan fingerprint density at radius 2 is 1.81 bits per heavy atom. The number of aryl methyl sites for hydroxylation is 1. The van der Waals surface area contributed by atoms with Gasteiger partial charge in [-0.3, -0.25) is 9.48 Å². The quantitative estimate of drug-likeness (QED) is 0.546. The highest BCUT2D eigenvalue weighted by Gasteiger charge is 2.33. The molecule has 0 N–H and O–H groups in total. The standard InChI is InChI=1S/C20H23FN6O4S/c1-15-19(13-22-24(15)2)32(29,30)27-11-9-25(10-12-27)20(28)18-7-8-26(23-18)14-31-17-5-3-16(21)4-6-17/h3-8,13H,9-12,14H2,1-2H3. The minimum absolute atomic E-state index is 0.0649. The molecule has 2 aromatic heterocycles. The number of hydrogen-bond acceptors (Lipinski definition) is 6. The lowest BCUT2D eigenvalue weighted by molar-refractivity contribution is 0.0690. The second kappa shape index (κ2) is 8.71. The van der Waals surface area contributed by atoms with Crippen LogP contribution in [-0.4, -0.2) is 69.3 Å². The third-order valence-corrected chi connectivity index (χ3v) is 7.37. The van der Waals surface area contributed by atoms with Crippen molar-refractivity contribution >= 4 is 15.9 Å². The summed E-state index contributed by atoms with van der Waals surface area (Å²) in [5.74, 6) is -0.149. The highest BCUT2D eigenvalue weighted by atomic mass is 32.2. The van der Waals surface area contributed by atoms with Gasteiger partial charge in [-0.1, -0.05) is 0 Å². The number of amides is 1. The summed E-state index contributed by atoms with van der Waals surface area (Å²) in [5.41, 5.74) is 0.809. The van der Waals surface area contributed by atoms with Crippen LogP contribution in [0.5, 0.6) is 5.75 Å². The molecule has 0 saturated carbocycles. The van der Waals surface area contributed by atoms with E-state index in [-0.39, 0.29) is 55.2 Å². The molecule has 0 unspecified atom stereocenters. The molecule has 0 radical (unpaired) electrons. The van der Waals surface area contributed by atoms with Gasteiger partial charge in [-0.05, 0) is 37.3 Å². The van der Waals surface area contributed by atoms with Crippen LogP contribution in [0.2, 0.25) is 0 Å². The lowest BCUT2D eigenvalue weighted by atomic mass is 10.3. The number of carbonyl (C=O) groups is 1. The van der Waals surface area contributed by atoms with Gasteiger partial charge < -0.3 is 9.64 Å². The van der Waals surface area contributed by atoms with Crippen LogP contribution in [0, 0.1) is 12.7 Å². The Morgan fingerprint density at radius 3 is 2.44 bits per heavy atom. The first-order chi connectivity index (χ1) is 15.3. The topological polar surface area (TPSA) is 103 Å². The average molecular weight is 463 g/mol. The van der Waals surface area contributed by atoms with Crippen molar-refractivity contribution in [1.82, 2.24) is 28.8 Å². The molecule has 1 aliphatic heterocycles. The normalized spacial score (nSPS) is 15.2. The number of halogens is 1. The third kappa shape index (κ3) is 4.36. The summed E-state index contributed by atoms with van der Waals surface area (Å²) >= 11 is 0. The van der Waals surface area contributed by atoms with Gasteiger partial charge in [0.2, 0.25) is 10.0 Å². The first-order valence-electron chi connectivity index (χ1n) is 9.95. The predicted octanol–water partition coefficient (Wildman–Crippen LogP) is 1.25. The van der Waals surface area contributed by atoms with E-state index in [1.54, 1.807) is 31.1 Å². The van der Waals surface area contributed by atoms with E-state index in [0.29, 0.717) is 11.4 Å². The summed E-state index contributed by atoms with van der Waals surface area (Å²) in [5, 5.41) is 8.24. The van der Waals surface area contributed by atoms with Gasteiger partial charge in [0.15, 0.2) is 12.4 Å². The summed E-state index contributed by atoms with van der Waals surface area (Å²) in [6.07, 6.45) is 2.96. The van der Waals surface area contributed by atoms with Gasteiger partial charge in [-0.15, -0.1) is 0 Å². The minimum Gasteiger partial charge on any atom is -0.471 e. The van der Waals surface area contributed by atoms with Crippen molar-refractivity contribution in [1.29, 1.82) is 0 Å². The summed E-state index contributed by atoms with van der Waals surface area (Å²) in [6, 6.07) is 7.18. The van der Waals surface area contributed by atoms with E-state index in [4.69, 9.17) is 4.74 Å². The molecule has 0 spiro atoms. The highest BCUT2D eigenvalue weighted by Crippen LogP contribution is 2.21. The van der Waals surface area contributed by atoms with Gasteiger partial charge in [-0.2, -0.15) is 14.5 Å². The third-order valence-electron chi connectivity index (χ3n) is 5.37. The monoisotopic (exact) mass is 462 g/mol. The minimum atomic E-state index is -3.67. The largest absolute Gasteiger partial charge is 0.471 e. The number of nitrogens with zero attached hydrogens (tertiary/aromatic N) is 6. The van der Waals surface area contributed by atoms with Crippen molar-refractivity contribution in [2.75, 3.05) is 26.2 Å². The summed E-state index contributed by atoms with van der Waals surface area (Å²) in [4.78, 5) is 14.6. The molecule has 1 aliphatic rings. The van der Waals surface area contributed by atoms with Gasteiger partial charge in [0.25, 0.3) is 5.91 Å². The Balaban J connectivity index is 1.34. The van der Waals surface area contributed by atoms with Gasteiger partial charge >= 0.3 is 0 Å². The van der Waals surface area contributed by atoms with Crippen LogP contribution >= 0.6 is 0 Å². The molecule has 0 atom stereocenters. The van der Waals surface area contributed by atoms with Crippen molar-refractivity contribution in [2.24, 2.45) is 7.05 Å². The maximum absolute atomic E-state index is 13.0.